The van der Waals surface area contributed by atoms with Crippen molar-refractivity contribution in [2.75, 3.05) is 19.5 Å². The third-order valence-electron chi connectivity index (χ3n) is 9.98. The summed E-state index contributed by atoms with van der Waals surface area (Å²) in [7, 11) is 2.23. The molecule has 0 aromatic heterocycles. The van der Waals surface area contributed by atoms with Crippen molar-refractivity contribution in [1.29, 1.82) is 5.26 Å². The van der Waals surface area contributed by atoms with Crippen molar-refractivity contribution in [3.8, 4) is 6.07 Å². The van der Waals surface area contributed by atoms with E-state index >= 15 is 0 Å². The van der Waals surface area contributed by atoms with E-state index in [4.69, 9.17) is 16.3 Å². The second kappa shape index (κ2) is 8.04. The van der Waals surface area contributed by atoms with Crippen LogP contribution in [0, 0.1) is 45.8 Å². The minimum absolute atomic E-state index is 0.0349. The maximum Gasteiger partial charge on any atom is 0.321 e. The van der Waals surface area contributed by atoms with Crippen molar-refractivity contribution in [3.05, 3.63) is 0 Å². The Morgan fingerprint density at radius 3 is 2.55 bits per heavy atom. The van der Waals surface area contributed by atoms with E-state index in [0.717, 1.165) is 30.6 Å². The molecule has 0 heterocycles. The molecule has 29 heavy (non-hydrogen) atoms. The number of alkyl halides is 1. The Balaban J connectivity index is 1.49. The minimum Gasteiger partial charge on any atom is -0.461 e. The highest BCUT2D eigenvalue weighted by Gasteiger charge is 2.62. The predicted octanol–water partition coefficient (Wildman–Crippen LogP) is 3.59. The van der Waals surface area contributed by atoms with Crippen LogP contribution in [0.15, 0.2) is 0 Å². The second-order valence-electron chi connectivity index (χ2n) is 11.0. The Kier molecular flexibility index (Phi) is 5.95. The quantitative estimate of drug-likeness (QED) is 0.428. The van der Waals surface area contributed by atoms with Crippen LogP contribution >= 0.6 is 11.6 Å². The number of fused-ring (bicyclic) bond motifs is 5. The van der Waals surface area contributed by atoms with Gasteiger partial charge in [-0.05, 0) is 80.5 Å². The van der Waals surface area contributed by atoms with E-state index in [1.54, 1.807) is 0 Å². The lowest BCUT2D eigenvalue weighted by atomic mass is 9.45. The first-order chi connectivity index (χ1) is 13.8. The third-order valence-corrected chi connectivity index (χ3v) is 10.2. The van der Waals surface area contributed by atoms with Crippen LogP contribution in [-0.4, -0.2) is 37.6 Å². The molecule has 9 atom stereocenters. The summed E-state index contributed by atoms with van der Waals surface area (Å²) < 4.78 is 5.62. The number of carbonyl (C=O) groups excluding carboxylic acids is 1. The van der Waals surface area contributed by atoms with Crippen molar-refractivity contribution >= 4 is 17.6 Å². The molecule has 4 fully saturated rings. The van der Waals surface area contributed by atoms with E-state index in [1.165, 1.54) is 49.8 Å². The number of nitrogens with one attached hydrogen (secondary N) is 1. The van der Waals surface area contributed by atoms with Gasteiger partial charge >= 0.3 is 5.97 Å². The molecule has 0 bridgehead atoms. The summed E-state index contributed by atoms with van der Waals surface area (Å²) in [5.41, 5.74) is 0.802. The Morgan fingerprint density at radius 1 is 1.10 bits per heavy atom. The van der Waals surface area contributed by atoms with Crippen LogP contribution in [0.2, 0.25) is 0 Å². The van der Waals surface area contributed by atoms with Crippen molar-refractivity contribution in [2.45, 2.75) is 83.8 Å². The molecule has 1 unspecified atom stereocenters. The van der Waals surface area contributed by atoms with Crippen molar-refractivity contribution < 1.29 is 14.4 Å². The minimum atomic E-state index is -0.261. The highest BCUT2D eigenvalue weighted by Crippen LogP contribution is 2.66. The van der Waals surface area contributed by atoms with Gasteiger partial charge in [-0.3, -0.25) is 4.79 Å². The van der Waals surface area contributed by atoms with Gasteiger partial charge in [0.2, 0.25) is 0 Å². The largest absolute Gasteiger partial charge is 0.461 e. The summed E-state index contributed by atoms with van der Waals surface area (Å²) in [6, 6.07) is 3.04. The van der Waals surface area contributed by atoms with E-state index < -0.39 is 0 Å². The van der Waals surface area contributed by atoms with Crippen LogP contribution in [0.4, 0.5) is 0 Å². The van der Waals surface area contributed by atoms with Gasteiger partial charge in [0.05, 0.1) is 13.1 Å². The number of carbonyl (C=O) groups is 1. The summed E-state index contributed by atoms with van der Waals surface area (Å²) in [6.07, 6.45) is 11.2. The van der Waals surface area contributed by atoms with Gasteiger partial charge in [0.25, 0.3) is 0 Å². The molecule has 0 aromatic rings. The number of nitriles is 1. The van der Waals surface area contributed by atoms with Crippen molar-refractivity contribution in [2.24, 2.45) is 34.5 Å². The lowest BCUT2D eigenvalue weighted by Crippen LogP contribution is -3.14. The number of hydrogen-bond donors (Lipinski definition) is 1. The number of quaternary nitrogens is 1. The maximum atomic E-state index is 11.7. The molecule has 0 amide bonds. The predicted molar refractivity (Wildman–Crippen MR) is 113 cm³/mol. The summed E-state index contributed by atoms with van der Waals surface area (Å²) in [5, 5.41) is 9.21. The van der Waals surface area contributed by atoms with Crippen LogP contribution in [-0.2, 0) is 9.53 Å². The van der Waals surface area contributed by atoms with Gasteiger partial charge in [0.1, 0.15) is 18.1 Å². The van der Waals surface area contributed by atoms with Crippen molar-refractivity contribution in [3.63, 3.8) is 0 Å². The van der Waals surface area contributed by atoms with Gasteiger partial charge in [-0.25, -0.2) is 0 Å². The highest BCUT2D eigenvalue weighted by atomic mass is 35.5. The first-order valence-electron chi connectivity index (χ1n) is 11.8. The Labute approximate surface area is 181 Å². The van der Waals surface area contributed by atoms with Crippen LogP contribution in [0.3, 0.4) is 0 Å². The maximum absolute atomic E-state index is 11.7. The molecule has 0 aliphatic heterocycles. The number of esters is 1. The van der Waals surface area contributed by atoms with E-state index in [2.05, 4.69) is 27.0 Å². The van der Waals surface area contributed by atoms with Crippen LogP contribution in [0.5, 0.6) is 0 Å². The summed E-state index contributed by atoms with van der Waals surface area (Å²) >= 11 is 5.65. The SMILES string of the molecule is C[NH+](CC#N)[C@H]1CC[C@@H]2[C@H]3CC[C@H]4C[C@H](OC(=O)CCl)CC[C@]4(C)[C@H]3CC[C@@]21C. The van der Waals surface area contributed by atoms with Gasteiger partial charge in [0, 0.05) is 11.8 Å². The molecular weight excluding hydrogens is 384 g/mol. The van der Waals surface area contributed by atoms with Crippen LogP contribution in [0.1, 0.15) is 71.6 Å². The molecule has 0 radical (unpaired) electrons. The van der Waals surface area contributed by atoms with Crippen LogP contribution in [0.25, 0.3) is 0 Å². The Hall–Kier alpha value is -0.790. The molecule has 4 aliphatic carbocycles. The molecule has 5 heteroatoms. The number of nitrogens with zero attached hydrogens (tertiary/aromatic N) is 1. The average Bonchev–Trinajstić information content (AvgIpc) is 3.05. The lowest BCUT2D eigenvalue weighted by Gasteiger charge is -2.60. The number of ether oxygens (including phenoxy) is 1. The number of halogens is 1. The third kappa shape index (κ3) is 3.51. The molecule has 4 rings (SSSR count). The standard InChI is InChI=1S/C24H37ClN2O2/c1-23-10-8-17(29-22(28)15-25)14-16(23)4-5-18-19-6-7-21(27(3)13-12-26)24(19,2)11-9-20(18)23/h16-21H,4-11,13-15H2,1-3H3/p+1/t16-,17+,18+,19+,20-,21-,23-,24-/m0/s1. The van der Waals surface area contributed by atoms with E-state index in [-0.39, 0.29) is 18.0 Å². The fraction of sp³-hybridized carbons (Fsp3) is 0.917. The topological polar surface area (TPSA) is 54.5 Å². The van der Waals surface area contributed by atoms with Gasteiger partial charge in [-0.1, -0.05) is 13.8 Å². The van der Waals surface area contributed by atoms with Gasteiger partial charge in [-0.15, -0.1) is 11.6 Å². The molecule has 0 saturated heterocycles. The highest BCUT2D eigenvalue weighted by molar-refractivity contribution is 6.26. The molecular formula is C24H38ClN2O2+. The fourth-order valence-electron chi connectivity index (χ4n) is 8.60. The second-order valence-corrected chi connectivity index (χ2v) is 11.3. The Bertz CT molecular complexity index is 678. The van der Waals surface area contributed by atoms with Crippen molar-refractivity contribution in [1.82, 2.24) is 0 Å². The molecule has 162 valence electrons. The van der Waals surface area contributed by atoms with E-state index in [0.29, 0.717) is 29.3 Å². The Morgan fingerprint density at radius 2 is 1.83 bits per heavy atom. The average molecular weight is 422 g/mol. The van der Waals surface area contributed by atoms with Gasteiger partial charge in [0.15, 0.2) is 6.54 Å². The first-order valence-corrected chi connectivity index (χ1v) is 12.3. The molecule has 4 saturated carbocycles. The zero-order valence-corrected chi connectivity index (χ0v) is 19.1. The van der Waals surface area contributed by atoms with Crippen LogP contribution < -0.4 is 4.90 Å². The monoisotopic (exact) mass is 421 g/mol. The van der Waals surface area contributed by atoms with E-state index in [9.17, 15) is 10.1 Å². The molecule has 1 N–H and O–H groups in total. The first kappa shape index (κ1) is 21.4. The zero-order valence-electron chi connectivity index (χ0n) is 18.4. The van der Waals surface area contributed by atoms with Gasteiger partial charge in [-0.2, -0.15) is 5.26 Å². The fourth-order valence-corrected chi connectivity index (χ4v) is 8.66. The summed E-state index contributed by atoms with van der Waals surface area (Å²) in [4.78, 5) is 13.1. The van der Waals surface area contributed by atoms with Gasteiger partial charge < -0.3 is 9.64 Å². The number of hydrogen-bond acceptors (Lipinski definition) is 3. The molecule has 0 spiro atoms. The van der Waals surface area contributed by atoms with E-state index in [1.807, 2.05) is 0 Å². The molecule has 4 aliphatic rings. The number of rotatable bonds is 4. The molecule has 4 nitrogen and oxygen atoms in total. The normalized spacial score (nSPS) is 47.3. The lowest BCUT2D eigenvalue weighted by molar-refractivity contribution is -0.906. The summed E-state index contributed by atoms with van der Waals surface area (Å²) in [6.45, 7) is 5.73. The summed E-state index contributed by atoms with van der Waals surface area (Å²) in [5.74, 6) is 2.87. The smallest absolute Gasteiger partial charge is 0.321 e. The zero-order chi connectivity index (χ0) is 20.8. The molecule has 0 aromatic carbocycles.